The molecule has 0 radical (unpaired) electrons. The van der Waals surface area contributed by atoms with E-state index in [9.17, 15) is 19.8 Å². The van der Waals surface area contributed by atoms with Crippen molar-refractivity contribution >= 4 is 11.8 Å². The standard InChI is InChI=1S/C28H34O8/c1-5-22(29)15-33-16-23(30)17-34-25-11-7-20(8-12-25)28(3,4)21-9-13-26(14-10-21)35-18-24(31)19-36-27(32)6-2/h5-14,23-24,30-31H,1-2,15-19H2,3-4H3. The Balaban J connectivity index is 1.86. The molecule has 0 fully saturated rings. The lowest BCUT2D eigenvalue weighted by Crippen LogP contribution is -2.25. The van der Waals surface area contributed by atoms with Crippen molar-refractivity contribution in [2.75, 3.05) is 33.0 Å². The summed E-state index contributed by atoms with van der Waals surface area (Å²) < 4.78 is 21.1. The molecule has 2 atom stereocenters. The van der Waals surface area contributed by atoms with Crippen LogP contribution in [0.15, 0.2) is 73.8 Å². The molecule has 0 amide bonds. The Kier molecular flexibility index (Phi) is 11.3. The first-order valence-corrected chi connectivity index (χ1v) is 11.5. The summed E-state index contributed by atoms with van der Waals surface area (Å²) in [6.45, 7) is 10.6. The van der Waals surface area contributed by atoms with E-state index < -0.39 is 18.2 Å². The number of rotatable bonds is 16. The van der Waals surface area contributed by atoms with Crippen molar-refractivity contribution in [3.63, 3.8) is 0 Å². The van der Waals surface area contributed by atoms with Gasteiger partial charge >= 0.3 is 5.97 Å². The second kappa shape index (κ2) is 14.2. The molecule has 0 aliphatic carbocycles. The van der Waals surface area contributed by atoms with Gasteiger partial charge < -0.3 is 29.2 Å². The average molecular weight is 499 g/mol. The molecule has 0 saturated carbocycles. The van der Waals surface area contributed by atoms with Crippen molar-refractivity contribution in [1.82, 2.24) is 0 Å². The average Bonchev–Trinajstić information content (AvgIpc) is 2.89. The Morgan fingerprint density at radius 1 is 0.806 bits per heavy atom. The monoisotopic (exact) mass is 498 g/mol. The van der Waals surface area contributed by atoms with E-state index >= 15 is 0 Å². The minimum atomic E-state index is -0.944. The maximum absolute atomic E-state index is 11.1. The van der Waals surface area contributed by atoms with Crippen molar-refractivity contribution in [3.8, 4) is 11.5 Å². The van der Waals surface area contributed by atoms with Crippen LogP contribution >= 0.6 is 0 Å². The van der Waals surface area contributed by atoms with Crippen molar-refractivity contribution in [2.45, 2.75) is 31.5 Å². The molecule has 2 N–H and O–H groups in total. The first-order valence-electron chi connectivity index (χ1n) is 11.5. The number of aliphatic hydroxyl groups excluding tert-OH is 2. The first kappa shape index (κ1) is 28.8. The smallest absolute Gasteiger partial charge is 0.330 e. The third-order valence-corrected chi connectivity index (χ3v) is 5.40. The van der Waals surface area contributed by atoms with Gasteiger partial charge in [0.15, 0.2) is 5.78 Å². The lowest BCUT2D eigenvalue weighted by molar-refractivity contribution is -0.141. The summed E-state index contributed by atoms with van der Waals surface area (Å²) in [4.78, 5) is 22.2. The van der Waals surface area contributed by atoms with E-state index in [-0.39, 0.29) is 44.2 Å². The lowest BCUT2D eigenvalue weighted by Gasteiger charge is -2.26. The van der Waals surface area contributed by atoms with E-state index in [1.807, 2.05) is 48.5 Å². The number of aliphatic hydroxyl groups is 2. The van der Waals surface area contributed by atoms with Gasteiger partial charge in [-0.25, -0.2) is 4.79 Å². The molecule has 8 nitrogen and oxygen atoms in total. The molecule has 0 aliphatic heterocycles. The molecule has 0 saturated heterocycles. The Labute approximate surface area is 211 Å². The summed E-state index contributed by atoms with van der Waals surface area (Å²) >= 11 is 0. The topological polar surface area (TPSA) is 112 Å². The fraction of sp³-hybridized carbons (Fsp3) is 0.357. The van der Waals surface area contributed by atoms with Crippen LogP contribution in [0, 0.1) is 0 Å². The van der Waals surface area contributed by atoms with Crippen molar-refractivity contribution in [3.05, 3.63) is 85.0 Å². The molecule has 36 heavy (non-hydrogen) atoms. The van der Waals surface area contributed by atoms with Crippen LogP contribution in [0.3, 0.4) is 0 Å². The van der Waals surface area contributed by atoms with Gasteiger partial charge in [-0.1, -0.05) is 51.3 Å². The minimum Gasteiger partial charge on any atom is -0.491 e. The molecule has 0 aromatic heterocycles. The van der Waals surface area contributed by atoms with Crippen LogP contribution < -0.4 is 9.47 Å². The Morgan fingerprint density at radius 3 is 1.72 bits per heavy atom. The molecule has 0 aliphatic rings. The summed E-state index contributed by atoms with van der Waals surface area (Å²) in [5.41, 5.74) is 1.82. The van der Waals surface area contributed by atoms with E-state index in [2.05, 4.69) is 27.0 Å². The van der Waals surface area contributed by atoms with E-state index in [4.69, 9.17) is 18.9 Å². The van der Waals surface area contributed by atoms with E-state index in [1.165, 1.54) is 6.08 Å². The predicted octanol–water partition coefficient (Wildman–Crippen LogP) is 2.99. The number of hydrogen-bond donors (Lipinski definition) is 2. The fourth-order valence-corrected chi connectivity index (χ4v) is 3.18. The van der Waals surface area contributed by atoms with Gasteiger partial charge in [-0.3, -0.25) is 4.79 Å². The third kappa shape index (κ3) is 9.30. The number of carbonyl (C=O) groups is 2. The van der Waals surface area contributed by atoms with Crippen LogP contribution in [0.4, 0.5) is 0 Å². The highest BCUT2D eigenvalue weighted by Gasteiger charge is 2.23. The van der Waals surface area contributed by atoms with Gasteiger partial charge in [-0.2, -0.15) is 0 Å². The van der Waals surface area contributed by atoms with Crippen LogP contribution in [0.1, 0.15) is 25.0 Å². The molecular formula is C28H34O8. The second-order valence-electron chi connectivity index (χ2n) is 8.62. The number of ketones is 1. The zero-order valence-electron chi connectivity index (χ0n) is 20.7. The maximum atomic E-state index is 11.1. The van der Waals surface area contributed by atoms with Crippen LogP contribution in [-0.4, -0.2) is 67.2 Å². The second-order valence-corrected chi connectivity index (χ2v) is 8.62. The Hall–Kier alpha value is -3.46. The molecule has 0 heterocycles. The summed E-state index contributed by atoms with van der Waals surface area (Å²) in [5, 5.41) is 19.8. The molecule has 194 valence electrons. The molecule has 2 aromatic rings. The maximum Gasteiger partial charge on any atom is 0.330 e. The highest BCUT2D eigenvalue weighted by atomic mass is 16.5. The predicted molar refractivity (Wildman–Crippen MR) is 135 cm³/mol. The summed E-state index contributed by atoms with van der Waals surface area (Å²) in [6.07, 6.45) is 0.408. The minimum absolute atomic E-state index is 0.00781. The lowest BCUT2D eigenvalue weighted by atomic mass is 9.78. The van der Waals surface area contributed by atoms with E-state index in [0.29, 0.717) is 11.5 Å². The van der Waals surface area contributed by atoms with Gasteiger partial charge in [-0.15, -0.1) is 0 Å². The summed E-state index contributed by atoms with van der Waals surface area (Å²) in [5.74, 6) is 0.354. The van der Waals surface area contributed by atoms with Gasteiger partial charge in [0.25, 0.3) is 0 Å². The Morgan fingerprint density at radius 2 is 1.28 bits per heavy atom. The molecule has 0 spiro atoms. The first-order chi connectivity index (χ1) is 17.1. The number of ether oxygens (including phenoxy) is 4. The van der Waals surface area contributed by atoms with Gasteiger partial charge in [0, 0.05) is 11.5 Å². The van der Waals surface area contributed by atoms with Crippen molar-refractivity contribution in [1.29, 1.82) is 0 Å². The largest absolute Gasteiger partial charge is 0.491 e. The van der Waals surface area contributed by atoms with Crippen molar-refractivity contribution < 1.29 is 38.7 Å². The molecular weight excluding hydrogens is 464 g/mol. The molecule has 2 rings (SSSR count). The molecule has 8 heteroatoms. The van der Waals surface area contributed by atoms with Gasteiger partial charge in [0.2, 0.25) is 0 Å². The van der Waals surface area contributed by atoms with E-state index in [1.54, 1.807) is 0 Å². The number of hydrogen-bond acceptors (Lipinski definition) is 8. The van der Waals surface area contributed by atoms with Crippen LogP contribution in [0.25, 0.3) is 0 Å². The molecule has 2 unspecified atom stereocenters. The van der Waals surface area contributed by atoms with Crippen LogP contribution in [0.5, 0.6) is 11.5 Å². The normalized spacial score (nSPS) is 12.8. The van der Waals surface area contributed by atoms with Gasteiger partial charge in [0.1, 0.15) is 50.1 Å². The fourth-order valence-electron chi connectivity index (χ4n) is 3.18. The quantitative estimate of drug-likeness (QED) is 0.268. The van der Waals surface area contributed by atoms with Gasteiger partial charge in [-0.05, 0) is 41.5 Å². The zero-order valence-corrected chi connectivity index (χ0v) is 20.7. The van der Waals surface area contributed by atoms with Crippen molar-refractivity contribution in [2.24, 2.45) is 0 Å². The third-order valence-electron chi connectivity index (χ3n) is 5.40. The summed E-state index contributed by atoms with van der Waals surface area (Å²) in [7, 11) is 0. The highest BCUT2D eigenvalue weighted by Crippen LogP contribution is 2.33. The summed E-state index contributed by atoms with van der Waals surface area (Å²) in [6, 6.07) is 15.2. The molecule has 2 aromatic carbocycles. The zero-order chi connectivity index (χ0) is 26.6. The number of esters is 1. The number of carbonyl (C=O) groups excluding carboxylic acids is 2. The molecule has 0 bridgehead atoms. The Bertz CT molecular complexity index is 995. The van der Waals surface area contributed by atoms with Crippen LogP contribution in [0.2, 0.25) is 0 Å². The SMILES string of the molecule is C=CC(=O)COCC(O)COc1ccc(C(C)(C)c2ccc(OCC(O)COC(=O)C=C)cc2)cc1. The van der Waals surface area contributed by atoms with Crippen LogP contribution in [-0.2, 0) is 24.5 Å². The highest BCUT2D eigenvalue weighted by molar-refractivity contribution is 5.90. The van der Waals surface area contributed by atoms with E-state index in [0.717, 1.165) is 17.2 Å². The van der Waals surface area contributed by atoms with Gasteiger partial charge in [0.05, 0.1) is 6.61 Å². The number of benzene rings is 2.